The molecule has 2 aromatic carbocycles. The highest BCUT2D eigenvalue weighted by Gasteiger charge is 2.26. The second kappa shape index (κ2) is 5.37. The van der Waals surface area contributed by atoms with Gasteiger partial charge in [0.2, 0.25) is 0 Å². The van der Waals surface area contributed by atoms with Gasteiger partial charge in [-0.25, -0.2) is 8.42 Å². The van der Waals surface area contributed by atoms with Crippen molar-refractivity contribution in [3.8, 4) is 0 Å². The van der Waals surface area contributed by atoms with Gasteiger partial charge in [-0.15, -0.1) is 0 Å². The van der Waals surface area contributed by atoms with E-state index in [0.29, 0.717) is 11.4 Å². The fourth-order valence-electron chi connectivity index (χ4n) is 2.44. The molecule has 0 spiro atoms. The van der Waals surface area contributed by atoms with E-state index in [4.69, 9.17) is 0 Å². The van der Waals surface area contributed by atoms with Gasteiger partial charge in [0.25, 0.3) is 10.0 Å². The molecule has 0 radical (unpaired) electrons. The minimum atomic E-state index is -3.44. The van der Waals surface area contributed by atoms with Crippen LogP contribution in [0.4, 0.5) is 0 Å². The highest BCUT2D eigenvalue weighted by atomic mass is 32.2. The lowest BCUT2D eigenvalue weighted by molar-refractivity contribution is 0.517. The van der Waals surface area contributed by atoms with Gasteiger partial charge in [0, 0.05) is 12.7 Å². The molecule has 0 atom stereocenters. The fourth-order valence-corrected chi connectivity index (χ4v) is 3.79. The Hall–Kier alpha value is -2.07. The standard InChI is InChI=1S/C17H17NO2S/c1-14-7-9-17(10-8-14)21(19,20)18-12-11-16(13-18)15-5-3-2-4-6-15/h2-10,13H,11-12H2,1H3. The maximum Gasteiger partial charge on any atom is 0.263 e. The summed E-state index contributed by atoms with van der Waals surface area (Å²) in [5, 5.41) is 0. The fraction of sp³-hybridized carbons (Fsp3) is 0.176. The van der Waals surface area contributed by atoms with Crippen molar-refractivity contribution in [1.29, 1.82) is 0 Å². The number of rotatable bonds is 3. The minimum Gasteiger partial charge on any atom is -0.273 e. The van der Waals surface area contributed by atoms with Crippen LogP contribution in [0.25, 0.3) is 5.57 Å². The van der Waals surface area contributed by atoms with E-state index in [2.05, 4.69) is 0 Å². The lowest BCUT2D eigenvalue weighted by atomic mass is 10.1. The quantitative estimate of drug-likeness (QED) is 0.870. The summed E-state index contributed by atoms with van der Waals surface area (Å²) in [4.78, 5) is 0.346. The number of nitrogens with zero attached hydrogens (tertiary/aromatic N) is 1. The molecule has 0 N–H and O–H groups in total. The molecular weight excluding hydrogens is 282 g/mol. The third-order valence-electron chi connectivity index (χ3n) is 3.67. The van der Waals surface area contributed by atoms with Gasteiger partial charge < -0.3 is 0 Å². The molecule has 0 saturated heterocycles. The van der Waals surface area contributed by atoms with Crippen molar-refractivity contribution in [3.63, 3.8) is 0 Å². The highest BCUT2D eigenvalue weighted by molar-refractivity contribution is 7.89. The molecule has 0 fully saturated rings. The van der Waals surface area contributed by atoms with E-state index in [9.17, 15) is 8.42 Å². The number of hydrogen-bond acceptors (Lipinski definition) is 2. The maximum atomic E-state index is 12.6. The van der Waals surface area contributed by atoms with E-state index in [0.717, 1.165) is 23.1 Å². The number of aryl methyl sites for hydroxylation is 1. The van der Waals surface area contributed by atoms with Crippen LogP contribution in [-0.4, -0.2) is 19.3 Å². The van der Waals surface area contributed by atoms with Crippen molar-refractivity contribution >= 4 is 15.6 Å². The van der Waals surface area contributed by atoms with Gasteiger partial charge in [-0.05, 0) is 36.6 Å². The smallest absolute Gasteiger partial charge is 0.263 e. The van der Waals surface area contributed by atoms with Crippen molar-refractivity contribution in [2.75, 3.05) is 6.54 Å². The van der Waals surface area contributed by atoms with Crippen LogP contribution in [-0.2, 0) is 10.0 Å². The first-order chi connectivity index (χ1) is 10.1. The molecule has 1 heterocycles. The molecule has 0 saturated carbocycles. The summed E-state index contributed by atoms with van der Waals surface area (Å²) in [5.74, 6) is 0. The topological polar surface area (TPSA) is 37.4 Å². The lowest BCUT2D eigenvalue weighted by Gasteiger charge is -2.15. The van der Waals surface area contributed by atoms with Crippen LogP contribution in [0.15, 0.2) is 65.7 Å². The van der Waals surface area contributed by atoms with E-state index in [1.54, 1.807) is 18.3 Å². The van der Waals surface area contributed by atoms with Crippen molar-refractivity contribution in [2.24, 2.45) is 0 Å². The van der Waals surface area contributed by atoms with Crippen molar-refractivity contribution in [2.45, 2.75) is 18.2 Å². The molecule has 3 rings (SSSR count). The molecule has 0 bridgehead atoms. The van der Waals surface area contributed by atoms with Gasteiger partial charge in [0.1, 0.15) is 0 Å². The predicted octanol–water partition coefficient (Wildman–Crippen LogP) is 3.43. The van der Waals surface area contributed by atoms with Crippen LogP contribution >= 0.6 is 0 Å². The van der Waals surface area contributed by atoms with Crippen molar-refractivity contribution < 1.29 is 8.42 Å². The van der Waals surface area contributed by atoms with E-state index in [-0.39, 0.29) is 0 Å². The van der Waals surface area contributed by atoms with E-state index in [1.807, 2.05) is 49.4 Å². The number of hydrogen-bond donors (Lipinski definition) is 0. The first kappa shape index (κ1) is 13.9. The summed E-state index contributed by atoms with van der Waals surface area (Å²) in [6, 6.07) is 16.9. The summed E-state index contributed by atoms with van der Waals surface area (Å²) >= 11 is 0. The van der Waals surface area contributed by atoms with Crippen molar-refractivity contribution in [3.05, 3.63) is 71.9 Å². The predicted molar refractivity (Wildman–Crippen MR) is 84.1 cm³/mol. The largest absolute Gasteiger partial charge is 0.273 e. The lowest BCUT2D eigenvalue weighted by Crippen LogP contribution is -2.23. The SMILES string of the molecule is Cc1ccc(S(=O)(=O)N2C=C(c3ccccc3)CC2)cc1. The Kier molecular flexibility index (Phi) is 3.55. The van der Waals surface area contributed by atoms with Gasteiger partial charge in [-0.2, -0.15) is 0 Å². The van der Waals surface area contributed by atoms with Crippen LogP contribution in [0.1, 0.15) is 17.5 Å². The van der Waals surface area contributed by atoms with Crippen LogP contribution < -0.4 is 0 Å². The first-order valence-corrected chi connectivity index (χ1v) is 8.36. The van der Waals surface area contributed by atoms with Crippen molar-refractivity contribution in [1.82, 2.24) is 4.31 Å². The normalized spacial score (nSPS) is 15.1. The molecule has 2 aromatic rings. The zero-order chi connectivity index (χ0) is 14.9. The van der Waals surface area contributed by atoms with Crippen LogP contribution in [0.2, 0.25) is 0 Å². The highest BCUT2D eigenvalue weighted by Crippen LogP contribution is 2.29. The van der Waals surface area contributed by atoms with Gasteiger partial charge in [-0.1, -0.05) is 48.0 Å². The molecule has 1 aliphatic heterocycles. The monoisotopic (exact) mass is 299 g/mol. The average molecular weight is 299 g/mol. The molecule has 0 aromatic heterocycles. The van der Waals surface area contributed by atoms with E-state index >= 15 is 0 Å². The summed E-state index contributed by atoms with van der Waals surface area (Å²) < 4.78 is 26.7. The summed E-state index contributed by atoms with van der Waals surface area (Å²) in [5.41, 5.74) is 3.20. The molecule has 0 aliphatic carbocycles. The van der Waals surface area contributed by atoms with E-state index < -0.39 is 10.0 Å². The number of benzene rings is 2. The second-order valence-corrected chi connectivity index (χ2v) is 7.09. The molecule has 4 heteroatoms. The Bertz CT molecular complexity index is 762. The van der Waals surface area contributed by atoms with Crippen LogP contribution in [0.5, 0.6) is 0 Å². The van der Waals surface area contributed by atoms with Gasteiger partial charge in [0.15, 0.2) is 0 Å². The summed E-state index contributed by atoms with van der Waals surface area (Å²) in [6.45, 7) is 2.44. The van der Waals surface area contributed by atoms with Gasteiger partial charge in [-0.3, -0.25) is 4.31 Å². The molecule has 21 heavy (non-hydrogen) atoms. The van der Waals surface area contributed by atoms with Gasteiger partial charge in [0.05, 0.1) is 4.90 Å². The molecule has 108 valence electrons. The Balaban J connectivity index is 1.91. The molecule has 3 nitrogen and oxygen atoms in total. The molecule has 1 aliphatic rings. The van der Waals surface area contributed by atoms with E-state index in [1.165, 1.54) is 4.31 Å². The Morgan fingerprint density at radius 1 is 0.952 bits per heavy atom. The maximum absolute atomic E-state index is 12.6. The number of sulfonamides is 1. The first-order valence-electron chi connectivity index (χ1n) is 6.92. The average Bonchev–Trinajstić information content (AvgIpc) is 2.99. The molecule has 0 unspecified atom stereocenters. The van der Waals surface area contributed by atoms with Crippen LogP contribution in [0, 0.1) is 6.92 Å². The summed E-state index contributed by atoms with van der Waals surface area (Å²) in [7, 11) is -3.44. The van der Waals surface area contributed by atoms with Gasteiger partial charge >= 0.3 is 0 Å². The van der Waals surface area contributed by atoms with Crippen LogP contribution in [0.3, 0.4) is 0 Å². The Morgan fingerprint density at radius 2 is 1.62 bits per heavy atom. The second-order valence-electron chi connectivity index (χ2n) is 5.20. The Morgan fingerprint density at radius 3 is 2.29 bits per heavy atom. The zero-order valence-electron chi connectivity index (χ0n) is 11.9. The summed E-state index contributed by atoms with van der Waals surface area (Å²) in [6.07, 6.45) is 2.50. The molecule has 0 amide bonds. The third-order valence-corrected chi connectivity index (χ3v) is 5.45. The minimum absolute atomic E-state index is 0.346. The Labute approximate surface area is 125 Å². The molecular formula is C17H17NO2S. The third kappa shape index (κ3) is 2.72. The zero-order valence-corrected chi connectivity index (χ0v) is 12.7.